The first-order valence-electron chi connectivity index (χ1n) is 5.01. The number of rotatable bonds is 3. The topological polar surface area (TPSA) is 40.5 Å². The summed E-state index contributed by atoms with van der Waals surface area (Å²) in [5.74, 6) is 0. The highest BCUT2D eigenvalue weighted by Crippen LogP contribution is 2.30. The average Bonchev–Trinajstić information content (AvgIpc) is 2.27. The Morgan fingerprint density at radius 2 is 2.06 bits per heavy atom. The van der Waals surface area contributed by atoms with Crippen molar-refractivity contribution in [2.75, 3.05) is 13.6 Å². The van der Waals surface area contributed by atoms with E-state index in [1.807, 2.05) is 0 Å². The maximum Gasteiger partial charge on any atom is 0.416 e. The van der Waals surface area contributed by atoms with Crippen LogP contribution in [0.5, 0.6) is 0 Å². The van der Waals surface area contributed by atoms with Gasteiger partial charge in [-0.1, -0.05) is 18.7 Å². The second kappa shape index (κ2) is 5.12. The van der Waals surface area contributed by atoms with Gasteiger partial charge in [0.25, 0.3) is 0 Å². The highest BCUT2D eigenvalue weighted by molar-refractivity contribution is 5.71. The summed E-state index contributed by atoms with van der Waals surface area (Å²) in [6.45, 7) is 3.55. The number of benzene rings is 1. The first kappa shape index (κ1) is 14.1. The molecule has 0 fully saturated rings. The van der Waals surface area contributed by atoms with Gasteiger partial charge in [0.1, 0.15) is 0 Å². The second-order valence-corrected chi connectivity index (χ2v) is 3.82. The van der Waals surface area contributed by atoms with Gasteiger partial charge in [0.15, 0.2) is 0 Å². The Balaban J connectivity index is 2.91. The molecule has 98 valence electrons. The van der Waals surface area contributed by atoms with Crippen molar-refractivity contribution in [2.45, 2.75) is 6.18 Å². The van der Waals surface area contributed by atoms with Gasteiger partial charge in [-0.25, -0.2) is 4.79 Å². The number of carboxylic acid groups (broad SMARTS) is 1. The standard InChI is InChI=1S/C12H12F3NO2/c1-8(7-16(2)11(17)18)9-4-3-5-10(6-9)12(13,14)15/h3-6H,1,7H2,2H3,(H,17,18). The fourth-order valence-electron chi connectivity index (χ4n) is 1.36. The molecule has 0 spiro atoms. The summed E-state index contributed by atoms with van der Waals surface area (Å²) in [7, 11) is 1.32. The zero-order valence-corrected chi connectivity index (χ0v) is 9.66. The number of carbonyl (C=O) groups is 1. The van der Waals surface area contributed by atoms with Gasteiger partial charge >= 0.3 is 12.3 Å². The van der Waals surface area contributed by atoms with Crippen molar-refractivity contribution in [3.05, 3.63) is 42.0 Å². The molecular weight excluding hydrogens is 247 g/mol. The van der Waals surface area contributed by atoms with E-state index in [2.05, 4.69) is 6.58 Å². The van der Waals surface area contributed by atoms with Crippen LogP contribution >= 0.6 is 0 Å². The number of alkyl halides is 3. The fraction of sp³-hybridized carbons (Fsp3) is 0.250. The summed E-state index contributed by atoms with van der Waals surface area (Å²) in [5.41, 5.74) is -0.192. The van der Waals surface area contributed by atoms with E-state index < -0.39 is 17.8 Å². The zero-order chi connectivity index (χ0) is 13.9. The molecule has 0 bridgehead atoms. The van der Waals surface area contributed by atoms with Gasteiger partial charge in [-0.05, 0) is 23.3 Å². The van der Waals surface area contributed by atoms with Gasteiger partial charge in [0, 0.05) is 13.6 Å². The molecule has 0 heterocycles. The van der Waals surface area contributed by atoms with Crippen LogP contribution in [-0.4, -0.2) is 29.7 Å². The molecule has 0 saturated carbocycles. The highest BCUT2D eigenvalue weighted by atomic mass is 19.4. The van der Waals surface area contributed by atoms with E-state index in [-0.39, 0.29) is 12.1 Å². The lowest BCUT2D eigenvalue weighted by Gasteiger charge is -2.16. The molecule has 1 aromatic carbocycles. The largest absolute Gasteiger partial charge is 0.465 e. The van der Waals surface area contributed by atoms with Gasteiger partial charge in [0.2, 0.25) is 0 Å². The molecule has 1 N–H and O–H groups in total. The van der Waals surface area contributed by atoms with Crippen LogP contribution in [0.4, 0.5) is 18.0 Å². The number of likely N-dealkylation sites (N-methyl/N-ethyl adjacent to an activating group) is 1. The summed E-state index contributed by atoms with van der Waals surface area (Å²) >= 11 is 0. The van der Waals surface area contributed by atoms with Gasteiger partial charge in [0.05, 0.1) is 5.56 Å². The van der Waals surface area contributed by atoms with Crippen molar-refractivity contribution in [3.8, 4) is 0 Å². The van der Waals surface area contributed by atoms with Crippen LogP contribution in [0.3, 0.4) is 0 Å². The van der Waals surface area contributed by atoms with E-state index in [1.165, 1.54) is 19.2 Å². The summed E-state index contributed by atoms with van der Waals surface area (Å²) in [4.78, 5) is 11.5. The molecule has 0 atom stereocenters. The molecule has 0 aliphatic heterocycles. The van der Waals surface area contributed by atoms with Gasteiger partial charge < -0.3 is 10.0 Å². The molecule has 1 amide bonds. The summed E-state index contributed by atoms with van der Waals surface area (Å²) in [6.07, 6.45) is -5.59. The molecule has 0 radical (unpaired) electrons. The third kappa shape index (κ3) is 3.51. The summed E-state index contributed by atoms with van der Waals surface area (Å²) in [5, 5.41) is 8.67. The van der Waals surface area contributed by atoms with E-state index in [1.54, 1.807) is 0 Å². The van der Waals surface area contributed by atoms with Crippen molar-refractivity contribution in [2.24, 2.45) is 0 Å². The maximum atomic E-state index is 12.5. The van der Waals surface area contributed by atoms with Crippen molar-refractivity contribution in [1.29, 1.82) is 0 Å². The Morgan fingerprint density at radius 3 is 2.56 bits per heavy atom. The highest BCUT2D eigenvalue weighted by Gasteiger charge is 2.30. The first-order chi connectivity index (χ1) is 8.21. The fourth-order valence-corrected chi connectivity index (χ4v) is 1.36. The van der Waals surface area contributed by atoms with E-state index in [0.717, 1.165) is 17.0 Å². The lowest BCUT2D eigenvalue weighted by Crippen LogP contribution is -2.26. The Kier molecular flexibility index (Phi) is 4.00. The van der Waals surface area contributed by atoms with Crippen LogP contribution in [0.1, 0.15) is 11.1 Å². The molecule has 18 heavy (non-hydrogen) atoms. The minimum Gasteiger partial charge on any atom is -0.465 e. The molecule has 0 aliphatic rings. The van der Waals surface area contributed by atoms with Gasteiger partial charge in [-0.15, -0.1) is 0 Å². The molecule has 3 nitrogen and oxygen atoms in total. The van der Waals surface area contributed by atoms with Crippen LogP contribution in [0, 0.1) is 0 Å². The predicted octanol–water partition coefficient (Wildman–Crippen LogP) is 3.33. The molecule has 0 saturated heterocycles. The molecule has 1 rings (SSSR count). The number of hydrogen-bond acceptors (Lipinski definition) is 1. The Morgan fingerprint density at radius 1 is 1.44 bits per heavy atom. The normalized spacial score (nSPS) is 11.1. The van der Waals surface area contributed by atoms with Gasteiger partial charge in [-0.2, -0.15) is 13.2 Å². The number of nitrogens with zero attached hydrogens (tertiary/aromatic N) is 1. The molecule has 0 aliphatic carbocycles. The van der Waals surface area contributed by atoms with E-state index >= 15 is 0 Å². The van der Waals surface area contributed by atoms with Crippen molar-refractivity contribution < 1.29 is 23.1 Å². The first-order valence-corrected chi connectivity index (χ1v) is 5.01. The van der Waals surface area contributed by atoms with E-state index in [0.29, 0.717) is 5.57 Å². The van der Waals surface area contributed by atoms with Crippen LogP contribution < -0.4 is 0 Å². The number of halogens is 3. The second-order valence-electron chi connectivity index (χ2n) is 3.82. The lowest BCUT2D eigenvalue weighted by atomic mass is 10.0. The Bertz CT molecular complexity index is 469. The van der Waals surface area contributed by atoms with Crippen molar-refractivity contribution in [3.63, 3.8) is 0 Å². The third-order valence-electron chi connectivity index (χ3n) is 2.35. The summed E-state index contributed by atoms with van der Waals surface area (Å²) < 4.78 is 37.5. The third-order valence-corrected chi connectivity index (χ3v) is 2.35. The van der Waals surface area contributed by atoms with Crippen LogP contribution in [-0.2, 0) is 6.18 Å². The van der Waals surface area contributed by atoms with E-state index in [9.17, 15) is 18.0 Å². The predicted molar refractivity (Wildman–Crippen MR) is 61.1 cm³/mol. The Labute approximate surface area is 102 Å². The molecular formula is C12H12F3NO2. The Hall–Kier alpha value is -1.98. The van der Waals surface area contributed by atoms with Crippen LogP contribution in [0.25, 0.3) is 5.57 Å². The van der Waals surface area contributed by atoms with E-state index in [4.69, 9.17) is 5.11 Å². The molecule has 0 aromatic heterocycles. The maximum absolute atomic E-state index is 12.5. The quantitative estimate of drug-likeness (QED) is 0.904. The van der Waals surface area contributed by atoms with Crippen molar-refractivity contribution in [1.82, 2.24) is 4.90 Å². The zero-order valence-electron chi connectivity index (χ0n) is 9.66. The SMILES string of the molecule is C=C(CN(C)C(=O)O)c1cccc(C(F)(F)F)c1. The van der Waals surface area contributed by atoms with Crippen LogP contribution in [0.15, 0.2) is 30.8 Å². The molecule has 1 aromatic rings. The summed E-state index contributed by atoms with van der Waals surface area (Å²) in [6, 6.07) is 4.65. The van der Waals surface area contributed by atoms with Gasteiger partial charge in [-0.3, -0.25) is 0 Å². The monoisotopic (exact) mass is 259 g/mol. The minimum atomic E-state index is -4.42. The molecule has 0 unspecified atom stereocenters. The smallest absolute Gasteiger partial charge is 0.416 e. The number of hydrogen-bond donors (Lipinski definition) is 1. The lowest BCUT2D eigenvalue weighted by molar-refractivity contribution is -0.137. The molecule has 6 heteroatoms. The van der Waals surface area contributed by atoms with Crippen LogP contribution in [0.2, 0.25) is 0 Å². The minimum absolute atomic E-state index is 0.0450. The van der Waals surface area contributed by atoms with Crippen molar-refractivity contribution >= 4 is 11.7 Å². The average molecular weight is 259 g/mol. The number of amides is 1.